The molecule has 7 heteroatoms. The lowest BCUT2D eigenvalue weighted by Crippen LogP contribution is -2.40. The molecule has 1 amide bonds. The second kappa shape index (κ2) is 5.67. The van der Waals surface area contributed by atoms with Crippen molar-refractivity contribution in [1.82, 2.24) is 29.7 Å². The number of hydrogen-bond donors (Lipinski definition) is 0. The van der Waals surface area contributed by atoms with Gasteiger partial charge in [0.2, 0.25) is 5.91 Å². The second-order valence-corrected chi connectivity index (χ2v) is 5.59. The quantitative estimate of drug-likeness (QED) is 0.834. The van der Waals surface area contributed by atoms with Crippen molar-refractivity contribution in [3.63, 3.8) is 0 Å². The van der Waals surface area contributed by atoms with Gasteiger partial charge in [-0.15, -0.1) is 5.10 Å². The molecule has 112 valence electrons. The molecule has 1 aliphatic rings. The van der Waals surface area contributed by atoms with Gasteiger partial charge >= 0.3 is 0 Å². The molecule has 0 saturated carbocycles. The van der Waals surface area contributed by atoms with Gasteiger partial charge < -0.3 is 4.90 Å². The van der Waals surface area contributed by atoms with E-state index in [1.54, 1.807) is 15.6 Å². The van der Waals surface area contributed by atoms with Crippen LogP contribution in [0.3, 0.4) is 0 Å². The third kappa shape index (κ3) is 2.96. The molecule has 1 aliphatic heterocycles. The maximum absolute atomic E-state index is 12.5. The number of likely N-dealkylation sites (tertiary alicyclic amines) is 1. The van der Waals surface area contributed by atoms with Crippen LogP contribution in [0.2, 0.25) is 0 Å². The van der Waals surface area contributed by atoms with E-state index in [2.05, 4.69) is 15.4 Å². The first-order valence-electron chi connectivity index (χ1n) is 7.28. The molecule has 0 bridgehead atoms. The summed E-state index contributed by atoms with van der Waals surface area (Å²) in [7, 11) is 0. The summed E-state index contributed by atoms with van der Waals surface area (Å²) in [5.41, 5.74) is 1.97. The summed E-state index contributed by atoms with van der Waals surface area (Å²) in [5, 5.41) is 12.2. The summed E-state index contributed by atoms with van der Waals surface area (Å²) in [6, 6.07) is 2.20. The van der Waals surface area contributed by atoms with Crippen molar-refractivity contribution in [3.05, 3.63) is 29.8 Å². The van der Waals surface area contributed by atoms with Crippen molar-refractivity contribution in [2.24, 2.45) is 0 Å². The predicted octanol–water partition coefficient (Wildman–Crippen LogP) is 0.783. The standard InChI is InChI=1S/C14H20N6O/c1-11-8-12(2)20(16-11)10-14(21)19-6-3-4-13(19)9-18-7-5-15-17-18/h5,7-8,13H,3-4,6,9-10H2,1-2H3/t13-/m0/s1. The Balaban J connectivity index is 1.67. The Hall–Kier alpha value is -2.18. The number of aromatic nitrogens is 5. The van der Waals surface area contributed by atoms with E-state index in [-0.39, 0.29) is 11.9 Å². The zero-order chi connectivity index (χ0) is 14.8. The number of nitrogens with zero attached hydrogens (tertiary/aromatic N) is 6. The minimum absolute atomic E-state index is 0.129. The molecule has 0 aromatic carbocycles. The molecule has 21 heavy (non-hydrogen) atoms. The van der Waals surface area contributed by atoms with E-state index >= 15 is 0 Å². The van der Waals surface area contributed by atoms with Gasteiger partial charge in [-0.25, -0.2) is 0 Å². The summed E-state index contributed by atoms with van der Waals surface area (Å²) < 4.78 is 3.57. The highest BCUT2D eigenvalue weighted by atomic mass is 16.2. The van der Waals surface area contributed by atoms with Crippen LogP contribution >= 0.6 is 0 Å². The Kier molecular flexibility index (Phi) is 3.72. The van der Waals surface area contributed by atoms with Crippen LogP contribution in [0.5, 0.6) is 0 Å². The summed E-state index contributed by atoms with van der Waals surface area (Å²) in [6.07, 6.45) is 5.56. The van der Waals surface area contributed by atoms with E-state index in [0.29, 0.717) is 13.1 Å². The number of amides is 1. The van der Waals surface area contributed by atoms with Crippen LogP contribution in [0.1, 0.15) is 24.2 Å². The fourth-order valence-corrected chi connectivity index (χ4v) is 2.95. The van der Waals surface area contributed by atoms with Gasteiger partial charge in [0.15, 0.2) is 0 Å². The SMILES string of the molecule is Cc1cc(C)n(CC(=O)N2CCC[C@H]2Cn2ccnn2)n1. The van der Waals surface area contributed by atoms with Crippen LogP contribution in [0, 0.1) is 13.8 Å². The maximum atomic E-state index is 12.5. The van der Waals surface area contributed by atoms with Crippen LogP contribution in [0.15, 0.2) is 18.5 Å². The number of rotatable bonds is 4. The lowest BCUT2D eigenvalue weighted by Gasteiger charge is -2.24. The first-order chi connectivity index (χ1) is 10.1. The van der Waals surface area contributed by atoms with Crippen molar-refractivity contribution in [1.29, 1.82) is 0 Å². The predicted molar refractivity (Wildman–Crippen MR) is 76.5 cm³/mol. The van der Waals surface area contributed by atoms with E-state index in [9.17, 15) is 4.79 Å². The number of hydrogen-bond acceptors (Lipinski definition) is 4. The molecule has 2 aromatic rings. The third-order valence-electron chi connectivity index (χ3n) is 3.96. The maximum Gasteiger partial charge on any atom is 0.244 e. The normalized spacial score (nSPS) is 18.4. The highest BCUT2D eigenvalue weighted by molar-refractivity contribution is 5.76. The Bertz CT molecular complexity index is 617. The smallest absolute Gasteiger partial charge is 0.244 e. The summed E-state index contributed by atoms with van der Waals surface area (Å²) in [5.74, 6) is 0.129. The van der Waals surface area contributed by atoms with Gasteiger partial charge in [-0.05, 0) is 32.8 Å². The first-order valence-corrected chi connectivity index (χ1v) is 7.28. The fraction of sp³-hybridized carbons (Fsp3) is 0.571. The molecule has 7 nitrogen and oxygen atoms in total. The van der Waals surface area contributed by atoms with Gasteiger partial charge in [0.05, 0.1) is 24.5 Å². The zero-order valence-electron chi connectivity index (χ0n) is 12.4. The van der Waals surface area contributed by atoms with Crippen molar-refractivity contribution in [2.75, 3.05) is 6.54 Å². The summed E-state index contributed by atoms with van der Waals surface area (Å²) in [4.78, 5) is 14.5. The van der Waals surface area contributed by atoms with Gasteiger partial charge in [0, 0.05) is 18.4 Å². The Morgan fingerprint density at radius 1 is 1.43 bits per heavy atom. The van der Waals surface area contributed by atoms with Crippen LogP contribution in [0.25, 0.3) is 0 Å². The average Bonchev–Trinajstić information content (AvgIpc) is 3.14. The molecule has 3 rings (SSSR count). The molecule has 1 atom stereocenters. The molecule has 1 saturated heterocycles. The lowest BCUT2D eigenvalue weighted by molar-refractivity contribution is -0.133. The monoisotopic (exact) mass is 288 g/mol. The van der Waals surface area contributed by atoms with Gasteiger partial charge in [-0.1, -0.05) is 5.21 Å². The summed E-state index contributed by atoms with van der Waals surface area (Å²) >= 11 is 0. The van der Waals surface area contributed by atoms with Crippen LogP contribution in [-0.4, -0.2) is 48.2 Å². The van der Waals surface area contributed by atoms with E-state index < -0.39 is 0 Å². The molecule has 3 heterocycles. The third-order valence-corrected chi connectivity index (χ3v) is 3.96. The zero-order valence-corrected chi connectivity index (χ0v) is 12.4. The van der Waals surface area contributed by atoms with E-state index in [0.717, 1.165) is 30.8 Å². The molecule has 0 unspecified atom stereocenters. The van der Waals surface area contributed by atoms with E-state index in [1.807, 2.05) is 31.0 Å². The highest BCUT2D eigenvalue weighted by Gasteiger charge is 2.29. The van der Waals surface area contributed by atoms with Crippen molar-refractivity contribution >= 4 is 5.91 Å². The second-order valence-electron chi connectivity index (χ2n) is 5.59. The first kappa shape index (κ1) is 13.8. The molecule has 1 fully saturated rings. The Morgan fingerprint density at radius 3 is 2.95 bits per heavy atom. The number of carbonyl (C=O) groups is 1. The number of aryl methyl sites for hydroxylation is 2. The van der Waals surface area contributed by atoms with Crippen LogP contribution in [-0.2, 0) is 17.9 Å². The van der Waals surface area contributed by atoms with Crippen molar-refractivity contribution in [2.45, 2.75) is 45.8 Å². The molecule has 0 aliphatic carbocycles. The number of carbonyl (C=O) groups excluding carboxylic acids is 1. The Morgan fingerprint density at radius 2 is 2.29 bits per heavy atom. The van der Waals surface area contributed by atoms with E-state index in [4.69, 9.17) is 0 Å². The van der Waals surface area contributed by atoms with Crippen LogP contribution in [0.4, 0.5) is 0 Å². The molecular formula is C14H20N6O. The lowest BCUT2D eigenvalue weighted by atomic mass is 10.2. The molecule has 0 N–H and O–H groups in total. The van der Waals surface area contributed by atoms with Crippen molar-refractivity contribution in [3.8, 4) is 0 Å². The Labute approximate surface area is 123 Å². The minimum atomic E-state index is 0.129. The van der Waals surface area contributed by atoms with Gasteiger partial charge in [-0.2, -0.15) is 5.10 Å². The molecular weight excluding hydrogens is 268 g/mol. The fourth-order valence-electron chi connectivity index (χ4n) is 2.95. The molecule has 0 spiro atoms. The molecule has 2 aromatic heterocycles. The van der Waals surface area contributed by atoms with Gasteiger partial charge in [0.1, 0.15) is 6.54 Å². The topological polar surface area (TPSA) is 68.8 Å². The van der Waals surface area contributed by atoms with Crippen molar-refractivity contribution < 1.29 is 4.79 Å². The summed E-state index contributed by atoms with van der Waals surface area (Å²) in [6.45, 7) is 5.76. The van der Waals surface area contributed by atoms with Gasteiger partial charge in [-0.3, -0.25) is 14.2 Å². The highest BCUT2D eigenvalue weighted by Crippen LogP contribution is 2.19. The average molecular weight is 288 g/mol. The van der Waals surface area contributed by atoms with Crippen LogP contribution < -0.4 is 0 Å². The van der Waals surface area contributed by atoms with E-state index in [1.165, 1.54) is 0 Å². The largest absolute Gasteiger partial charge is 0.336 e. The molecule has 0 radical (unpaired) electrons. The van der Waals surface area contributed by atoms with Gasteiger partial charge in [0.25, 0.3) is 0 Å². The minimum Gasteiger partial charge on any atom is -0.336 e.